The minimum Gasteiger partial charge on any atom is -0.322 e. The van der Waals surface area contributed by atoms with Gasteiger partial charge in [0.15, 0.2) is 0 Å². The average Bonchev–Trinajstić information content (AvgIpc) is 2.41. The van der Waals surface area contributed by atoms with Gasteiger partial charge in [0.25, 0.3) is 11.6 Å². The molecule has 0 aliphatic rings. The number of aryl methyl sites for hydroxylation is 4. The molecule has 0 fully saturated rings. The Kier molecular flexibility index (Phi) is 4.26. The van der Waals surface area contributed by atoms with Crippen LogP contribution in [-0.2, 0) is 0 Å². The minimum absolute atomic E-state index is 0.0589. The fraction of sp³-hybridized carbons (Fsp3) is 0.235. The van der Waals surface area contributed by atoms with Gasteiger partial charge in [-0.25, -0.2) is 0 Å². The fourth-order valence-electron chi connectivity index (χ4n) is 2.57. The zero-order valence-electron chi connectivity index (χ0n) is 13.1. The molecule has 0 spiro atoms. The fourth-order valence-corrected chi connectivity index (χ4v) is 2.57. The standard InChI is InChI=1S/C17H18N2O3/c1-10-6-5-7-11(2)15(10)18-17(20)14-8-12(3)16(19(21)22)13(4)9-14/h5-9H,1-4H3,(H,18,20). The Labute approximate surface area is 129 Å². The van der Waals surface area contributed by atoms with Crippen LogP contribution < -0.4 is 5.32 Å². The van der Waals surface area contributed by atoms with Gasteiger partial charge in [-0.2, -0.15) is 0 Å². The van der Waals surface area contributed by atoms with E-state index in [0.717, 1.165) is 16.8 Å². The van der Waals surface area contributed by atoms with Gasteiger partial charge >= 0.3 is 0 Å². The predicted octanol–water partition coefficient (Wildman–Crippen LogP) is 4.08. The number of anilines is 1. The lowest BCUT2D eigenvalue weighted by atomic mass is 10.0. The Hall–Kier alpha value is -2.69. The third kappa shape index (κ3) is 2.98. The van der Waals surface area contributed by atoms with Gasteiger partial charge in [-0.05, 0) is 51.0 Å². The Balaban J connectivity index is 2.37. The Morgan fingerprint density at radius 1 is 1.00 bits per heavy atom. The zero-order valence-corrected chi connectivity index (χ0v) is 13.1. The van der Waals surface area contributed by atoms with Gasteiger partial charge in [0.1, 0.15) is 0 Å². The van der Waals surface area contributed by atoms with Crippen LogP contribution in [-0.4, -0.2) is 10.8 Å². The van der Waals surface area contributed by atoms with Crippen molar-refractivity contribution in [2.24, 2.45) is 0 Å². The number of amides is 1. The number of benzene rings is 2. The largest absolute Gasteiger partial charge is 0.322 e. The monoisotopic (exact) mass is 298 g/mol. The molecule has 114 valence electrons. The van der Waals surface area contributed by atoms with Crippen LogP contribution in [0.15, 0.2) is 30.3 Å². The van der Waals surface area contributed by atoms with Crippen LogP contribution >= 0.6 is 0 Å². The maximum Gasteiger partial charge on any atom is 0.275 e. The molecule has 5 nitrogen and oxygen atoms in total. The highest BCUT2D eigenvalue weighted by atomic mass is 16.6. The quantitative estimate of drug-likeness (QED) is 0.685. The average molecular weight is 298 g/mol. The number of nitro benzene ring substituents is 1. The molecule has 0 aliphatic carbocycles. The van der Waals surface area contributed by atoms with Crippen molar-refractivity contribution in [3.8, 4) is 0 Å². The summed E-state index contributed by atoms with van der Waals surface area (Å²) in [5.74, 6) is -0.265. The van der Waals surface area contributed by atoms with Crippen molar-refractivity contribution in [2.75, 3.05) is 5.32 Å². The number of carbonyl (C=O) groups is 1. The van der Waals surface area contributed by atoms with Gasteiger partial charge in [-0.15, -0.1) is 0 Å². The summed E-state index contributed by atoms with van der Waals surface area (Å²) in [5, 5.41) is 13.9. The van der Waals surface area contributed by atoms with Crippen LogP contribution in [0.2, 0.25) is 0 Å². The van der Waals surface area contributed by atoms with E-state index in [0.29, 0.717) is 16.7 Å². The van der Waals surface area contributed by atoms with Gasteiger partial charge < -0.3 is 5.32 Å². The summed E-state index contributed by atoms with van der Waals surface area (Å²) in [6.07, 6.45) is 0. The SMILES string of the molecule is Cc1cccc(C)c1NC(=O)c1cc(C)c([N+](=O)[O-])c(C)c1. The number of para-hydroxylation sites is 1. The van der Waals surface area contributed by atoms with Crippen LogP contribution in [0.3, 0.4) is 0 Å². The Morgan fingerprint density at radius 2 is 1.50 bits per heavy atom. The predicted molar refractivity (Wildman–Crippen MR) is 86.4 cm³/mol. The molecule has 2 aromatic rings. The van der Waals surface area contributed by atoms with Crippen LogP contribution in [0.5, 0.6) is 0 Å². The molecule has 2 aromatic carbocycles. The lowest BCUT2D eigenvalue weighted by Crippen LogP contribution is -2.14. The highest BCUT2D eigenvalue weighted by Gasteiger charge is 2.18. The second-order valence-electron chi connectivity index (χ2n) is 5.44. The highest BCUT2D eigenvalue weighted by Crippen LogP contribution is 2.26. The Morgan fingerprint density at radius 3 is 1.95 bits per heavy atom. The summed E-state index contributed by atoms with van der Waals surface area (Å²) >= 11 is 0. The summed E-state index contributed by atoms with van der Waals surface area (Å²) in [6, 6.07) is 8.88. The van der Waals surface area contributed by atoms with Crippen LogP contribution in [0.25, 0.3) is 0 Å². The van der Waals surface area contributed by atoms with E-state index in [2.05, 4.69) is 5.32 Å². The number of hydrogen-bond acceptors (Lipinski definition) is 3. The summed E-state index contributed by atoms with van der Waals surface area (Å²) < 4.78 is 0. The zero-order chi connectivity index (χ0) is 16.4. The van der Waals surface area contributed by atoms with E-state index in [4.69, 9.17) is 0 Å². The van der Waals surface area contributed by atoms with Gasteiger partial charge in [-0.3, -0.25) is 14.9 Å². The van der Waals surface area contributed by atoms with Crippen molar-refractivity contribution in [3.05, 3.63) is 68.3 Å². The molecule has 0 unspecified atom stereocenters. The third-order valence-electron chi connectivity index (χ3n) is 3.66. The van der Waals surface area contributed by atoms with E-state index in [1.165, 1.54) is 0 Å². The first-order valence-electron chi connectivity index (χ1n) is 6.94. The normalized spacial score (nSPS) is 10.4. The molecule has 2 rings (SSSR count). The van der Waals surface area contributed by atoms with Crippen molar-refractivity contribution in [3.63, 3.8) is 0 Å². The highest BCUT2D eigenvalue weighted by molar-refractivity contribution is 6.05. The first-order valence-corrected chi connectivity index (χ1v) is 6.94. The smallest absolute Gasteiger partial charge is 0.275 e. The molecule has 22 heavy (non-hydrogen) atoms. The summed E-state index contributed by atoms with van der Waals surface area (Å²) in [7, 11) is 0. The number of nitrogens with one attached hydrogen (secondary N) is 1. The second-order valence-corrected chi connectivity index (χ2v) is 5.44. The number of nitro groups is 1. The number of nitrogens with zero attached hydrogens (tertiary/aromatic N) is 1. The van der Waals surface area contributed by atoms with E-state index in [-0.39, 0.29) is 11.6 Å². The molecular formula is C17H18N2O3. The molecule has 1 N–H and O–H groups in total. The third-order valence-corrected chi connectivity index (χ3v) is 3.66. The molecule has 0 saturated heterocycles. The summed E-state index contributed by atoms with van der Waals surface area (Å²) in [5.41, 5.74) is 4.17. The van der Waals surface area contributed by atoms with Gasteiger partial charge in [0.2, 0.25) is 0 Å². The van der Waals surface area contributed by atoms with Crippen molar-refractivity contribution in [1.82, 2.24) is 0 Å². The van der Waals surface area contributed by atoms with Crippen LogP contribution in [0.1, 0.15) is 32.6 Å². The maximum atomic E-state index is 12.4. The first-order chi connectivity index (χ1) is 10.3. The molecule has 0 radical (unpaired) electrons. The number of hydrogen-bond donors (Lipinski definition) is 1. The molecule has 5 heteroatoms. The minimum atomic E-state index is -0.419. The van der Waals surface area contributed by atoms with Gasteiger partial charge in [0, 0.05) is 22.4 Å². The second kappa shape index (κ2) is 5.97. The van der Waals surface area contributed by atoms with Gasteiger partial charge in [0.05, 0.1) is 4.92 Å². The molecule has 0 aromatic heterocycles. The molecule has 1 amide bonds. The summed E-state index contributed by atoms with van der Waals surface area (Å²) in [6.45, 7) is 7.13. The number of carbonyl (C=O) groups excluding carboxylic acids is 1. The van der Waals surface area contributed by atoms with Crippen molar-refractivity contribution in [2.45, 2.75) is 27.7 Å². The van der Waals surface area contributed by atoms with Gasteiger partial charge in [-0.1, -0.05) is 18.2 Å². The molecular weight excluding hydrogens is 280 g/mol. The maximum absolute atomic E-state index is 12.4. The van der Waals surface area contributed by atoms with E-state index in [1.807, 2.05) is 32.0 Å². The van der Waals surface area contributed by atoms with Crippen molar-refractivity contribution >= 4 is 17.3 Å². The van der Waals surface area contributed by atoms with Crippen molar-refractivity contribution in [1.29, 1.82) is 0 Å². The topological polar surface area (TPSA) is 72.2 Å². The first kappa shape index (κ1) is 15.7. The van der Waals surface area contributed by atoms with E-state index >= 15 is 0 Å². The van der Waals surface area contributed by atoms with E-state index in [9.17, 15) is 14.9 Å². The molecule has 0 saturated carbocycles. The van der Waals surface area contributed by atoms with Crippen LogP contribution in [0.4, 0.5) is 11.4 Å². The van der Waals surface area contributed by atoms with Crippen LogP contribution in [0, 0.1) is 37.8 Å². The lowest BCUT2D eigenvalue weighted by molar-refractivity contribution is -0.386. The van der Waals surface area contributed by atoms with E-state index < -0.39 is 4.92 Å². The number of rotatable bonds is 3. The summed E-state index contributed by atoms with van der Waals surface area (Å²) in [4.78, 5) is 23.0. The Bertz CT molecular complexity index is 723. The molecule has 0 atom stereocenters. The molecule has 0 aliphatic heterocycles. The van der Waals surface area contributed by atoms with Crippen molar-refractivity contribution < 1.29 is 9.72 Å². The lowest BCUT2D eigenvalue weighted by Gasteiger charge is -2.12. The molecule has 0 bridgehead atoms. The molecule has 0 heterocycles. The van der Waals surface area contributed by atoms with E-state index in [1.54, 1.807) is 26.0 Å².